The first-order chi connectivity index (χ1) is 5.74. The minimum atomic E-state index is -0.519. The van der Waals surface area contributed by atoms with Crippen molar-refractivity contribution >= 4 is 11.6 Å². The van der Waals surface area contributed by atoms with E-state index in [0.717, 1.165) is 0 Å². The van der Waals surface area contributed by atoms with Crippen LogP contribution in [-0.2, 0) is 14.4 Å². The number of amides is 1. The molecule has 1 amide bonds. The second-order valence-electron chi connectivity index (χ2n) is 2.49. The Bertz CT molecular complexity index is 203. The molecule has 68 valence electrons. The van der Waals surface area contributed by atoms with Gasteiger partial charge >= 0.3 is 0 Å². The van der Waals surface area contributed by atoms with Gasteiger partial charge in [0.1, 0.15) is 5.71 Å². The van der Waals surface area contributed by atoms with Gasteiger partial charge in [0, 0.05) is 13.0 Å². The van der Waals surface area contributed by atoms with Gasteiger partial charge in [0.25, 0.3) is 5.91 Å². The Morgan fingerprint density at radius 3 is 3.17 bits per heavy atom. The van der Waals surface area contributed by atoms with Gasteiger partial charge in [-0.05, 0) is 6.92 Å². The van der Waals surface area contributed by atoms with Crippen LogP contribution >= 0.6 is 0 Å². The number of carbonyl (C=O) groups excluding carboxylic acids is 1. The van der Waals surface area contributed by atoms with Crippen molar-refractivity contribution in [2.45, 2.75) is 19.4 Å². The summed E-state index contributed by atoms with van der Waals surface area (Å²) in [6.45, 7) is 2.98. The highest BCUT2D eigenvalue weighted by molar-refractivity contribution is 6.38. The van der Waals surface area contributed by atoms with Gasteiger partial charge in [0.2, 0.25) is 0 Å². The Kier molecular flexibility index (Phi) is 3.04. The number of oxime groups is 1. The average molecular weight is 172 g/mol. The monoisotopic (exact) mass is 172 g/mol. The molecule has 0 aliphatic carbocycles. The maximum Gasteiger partial charge on any atom is 0.266 e. The van der Waals surface area contributed by atoms with Crippen LogP contribution in [0.3, 0.4) is 0 Å². The van der Waals surface area contributed by atoms with Crippen LogP contribution in [0, 0.1) is 0 Å². The van der Waals surface area contributed by atoms with E-state index in [0.29, 0.717) is 25.3 Å². The van der Waals surface area contributed by atoms with Crippen molar-refractivity contribution in [3.05, 3.63) is 0 Å². The maximum atomic E-state index is 10.6. The lowest BCUT2D eigenvalue weighted by Crippen LogP contribution is -2.24. The van der Waals surface area contributed by atoms with Crippen LogP contribution in [0.15, 0.2) is 5.16 Å². The van der Waals surface area contributed by atoms with Crippen LogP contribution in [-0.4, -0.2) is 30.9 Å². The van der Waals surface area contributed by atoms with Crippen LogP contribution in [0.2, 0.25) is 0 Å². The number of ether oxygens (including phenoxy) is 1. The number of rotatable bonds is 4. The summed E-state index contributed by atoms with van der Waals surface area (Å²) in [5.74, 6) is -0.519. The SMILES string of the molecule is CCOCC1CC(C(N)=O)=NO1. The number of hydrogen-bond donors (Lipinski definition) is 1. The molecule has 5 heteroatoms. The highest BCUT2D eigenvalue weighted by Gasteiger charge is 2.24. The summed E-state index contributed by atoms with van der Waals surface area (Å²) >= 11 is 0. The first-order valence-electron chi connectivity index (χ1n) is 3.84. The molecule has 5 nitrogen and oxygen atoms in total. The Morgan fingerprint density at radius 1 is 1.92 bits per heavy atom. The number of carbonyl (C=O) groups is 1. The van der Waals surface area contributed by atoms with Crippen molar-refractivity contribution < 1.29 is 14.4 Å². The van der Waals surface area contributed by atoms with Gasteiger partial charge in [-0.2, -0.15) is 0 Å². The van der Waals surface area contributed by atoms with Crippen molar-refractivity contribution in [1.29, 1.82) is 0 Å². The predicted molar refractivity (Wildman–Crippen MR) is 42.6 cm³/mol. The zero-order valence-corrected chi connectivity index (χ0v) is 6.95. The highest BCUT2D eigenvalue weighted by Crippen LogP contribution is 2.10. The molecule has 0 aromatic rings. The fourth-order valence-corrected chi connectivity index (χ4v) is 0.913. The van der Waals surface area contributed by atoms with E-state index in [1.807, 2.05) is 6.92 Å². The van der Waals surface area contributed by atoms with Gasteiger partial charge in [-0.15, -0.1) is 0 Å². The molecule has 0 fully saturated rings. The molecule has 2 N–H and O–H groups in total. The summed E-state index contributed by atoms with van der Waals surface area (Å²) < 4.78 is 5.10. The van der Waals surface area contributed by atoms with Crippen LogP contribution < -0.4 is 5.73 Å². The van der Waals surface area contributed by atoms with Crippen molar-refractivity contribution in [3.63, 3.8) is 0 Å². The summed E-state index contributed by atoms with van der Waals surface area (Å²) in [4.78, 5) is 15.5. The zero-order chi connectivity index (χ0) is 8.97. The molecule has 1 heterocycles. The standard InChI is InChI=1S/C7H12N2O3/c1-2-11-4-5-3-6(7(8)10)9-12-5/h5H,2-4H2,1H3,(H2,8,10). The normalized spacial score (nSPS) is 21.8. The lowest BCUT2D eigenvalue weighted by molar-refractivity contribution is -0.112. The van der Waals surface area contributed by atoms with E-state index >= 15 is 0 Å². The van der Waals surface area contributed by atoms with E-state index in [-0.39, 0.29) is 6.10 Å². The fraction of sp³-hybridized carbons (Fsp3) is 0.714. The van der Waals surface area contributed by atoms with E-state index in [1.54, 1.807) is 0 Å². The molecule has 0 radical (unpaired) electrons. The first kappa shape index (κ1) is 8.99. The third-order valence-electron chi connectivity index (χ3n) is 1.53. The summed E-state index contributed by atoms with van der Waals surface area (Å²) in [5.41, 5.74) is 5.29. The molecule has 0 saturated heterocycles. The van der Waals surface area contributed by atoms with Crippen LogP contribution in [0.5, 0.6) is 0 Å². The quantitative estimate of drug-likeness (QED) is 0.630. The molecular weight excluding hydrogens is 160 g/mol. The molecule has 1 rings (SSSR count). The molecule has 0 saturated carbocycles. The van der Waals surface area contributed by atoms with Crippen LogP contribution in [0.25, 0.3) is 0 Å². The Hall–Kier alpha value is -1.10. The molecule has 12 heavy (non-hydrogen) atoms. The zero-order valence-electron chi connectivity index (χ0n) is 6.95. The Labute approximate surface area is 70.5 Å². The van der Waals surface area contributed by atoms with E-state index in [4.69, 9.17) is 15.3 Å². The number of nitrogens with two attached hydrogens (primary N) is 1. The molecule has 0 aromatic carbocycles. The molecule has 1 atom stereocenters. The van der Waals surface area contributed by atoms with Crippen LogP contribution in [0.4, 0.5) is 0 Å². The fourth-order valence-electron chi connectivity index (χ4n) is 0.913. The summed E-state index contributed by atoms with van der Waals surface area (Å²) in [6.07, 6.45) is 0.308. The van der Waals surface area contributed by atoms with Gasteiger partial charge in [-0.3, -0.25) is 4.79 Å². The van der Waals surface area contributed by atoms with Crippen molar-refractivity contribution in [2.24, 2.45) is 10.9 Å². The Balaban J connectivity index is 2.27. The lowest BCUT2D eigenvalue weighted by Gasteiger charge is -2.06. The molecule has 1 unspecified atom stereocenters. The molecule has 0 bridgehead atoms. The summed E-state index contributed by atoms with van der Waals surface area (Å²) in [5, 5.41) is 3.53. The predicted octanol–water partition coefficient (Wildman–Crippen LogP) is -0.347. The largest absolute Gasteiger partial charge is 0.389 e. The molecule has 0 spiro atoms. The van der Waals surface area contributed by atoms with E-state index in [1.165, 1.54) is 0 Å². The van der Waals surface area contributed by atoms with E-state index in [2.05, 4.69) is 5.16 Å². The van der Waals surface area contributed by atoms with Crippen molar-refractivity contribution in [1.82, 2.24) is 0 Å². The van der Waals surface area contributed by atoms with Gasteiger partial charge in [0.15, 0.2) is 6.10 Å². The van der Waals surface area contributed by atoms with Crippen molar-refractivity contribution in [3.8, 4) is 0 Å². The molecule has 0 aromatic heterocycles. The summed E-state index contributed by atoms with van der Waals surface area (Å²) in [6, 6.07) is 0. The molecular formula is C7H12N2O3. The van der Waals surface area contributed by atoms with Gasteiger partial charge in [-0.25, -0.2) is 0 Å². The minimum Gasteiger partial charge on any atom is -0.389 e. The van der Waals surface area contributed by atoms with Gasteiger partial charge < -0.3 is 15.3 Å². The minimum absolute atomic E-state index is 0.146. The smallest absolute Gasteiger partial charge is 0.266 e. The van der Waals surface area contributed by atoms with Gasteiger partial charge in [0.05, 0.1) is 6.61 Å². The van der Waals surface area contributed by atoms with Crippen molar-refractivity contribution in [2.75, 3.05) is 13.2 Å². The van der Waals surface area contributed by atoms with E-state index in [9.17, 15) is 4.79 Å². The molecule has 1 aliphatic rings. The number of nitrogens with zero attached hydrogens (tertiary/aromatic N) is 1. The number of hydrogen-bond acceptors (Lipinski definition) is 4. The van der Waals surface area contributed by atoms with Crippen LogP contribution in [0.1, 0.15) is 13.3 Å². The van der Waals surface area contributed by atoms with Gasteiger partial charge in [-0.1, -0.05) is 5.16 Å². The Morgan fingerprint density at radius 2 is 2.67 bits per heavy atom. The number of primary amides is 1. The first-order valence-corrected chi connectivity index (χ1v) is 3.84. The second kappa shape index (κ2) is 4.06. The highest BCUT2D eigenvalue weighted by atomic mass is 16.7. The topological polar surface area (TPSA) is 73.9 Å². The lowest BCUT2D eigenvalue weighted by atomic mass is 10.2. The maximum absolute atomic E-state index is 10.6. The summed E-state index contributed by atoms with van der Waals surface area (Å²) in [7, 11) is 0. The average Bonchev–Trinajstić information content (AvgIpc) is 2.48. The third-order valence-corrected chi connectivity index (χ3v) is 1.53. The third kappa shape index (κ3) is 2.20. The second-order valence-corrected chi connectivity index (χ2v) is 2.49. The van der Waals surface area contributed by atoms with E-state index < -0.39 is 5.91 Å². The molecule has 1 aliphatic heterocycles.